The van der Waals surface area contributed by atoms with Gasteiger partial charge in [0, 0.05) is 12.5 Å². The molecular weight excluding hydrogens is 168 g/mol. The van der Waals surface area contributed by atoms with Crippen molar-refractivity contribution in [1.29, 1.82) is 0 Å². The molecule has 1 atom stereocenters. The smallest absolute Gasteiger partial charge is 0.225 e. The van der Waals surface area contributed by atoms with Crippen molar-refractivity contribution in [2.24, 2.45) is 5.92 Å². The van der Waals surface area contributed by atoms with Crippen LogP contribution in [0.2, 0.25) is 0 Å². The Morgan fingerprint density at radius 3 is 3.08 bits per heavy atom. The molecule has 0 saturated carbocycles. The van der Waals surface area contributed by atoms with Gasteiger partial charge in [0.25, 0.3) is 0 Å². The Labute approximate surface area is 77.3 Å². The van der Waals surface area contributed by atoms with Crippen LogP contribution in [-0.2, 0) is 4.79 Å². The summed E-state index contributed by atoms with van der Waals surface area (Å²) < 4.78 is 4.58. The molecule has 0 saturated heterocycles. The molecule has 0 aliphatic carbocycles. The Morgan fingerprint density at radius 2 is 2.54 bits per heavy atom. The van der Waals surface area contributed by atoms with Crippen LogP contribution in [0.3, 0.4) is 0 Å². The van der Waals surface area contributed by atoms with E-state index in [1.54, 1.807) is 6.07 Å². The minimum absolute atomic E-state index is 0.0109. The van der Waals surface area contributed by atoms with Crippen molar-refractivity contribution in [2.45, 2.75) is 26.7 Å². The molecule has 1 aromatic rings. The van der Waals surface area contributed by atoms with Crippen LogP contribution < -0.4 is 5.32 Å². The van der Waals surface area contributed by atoms with Gasteiger partial charge in [-0.3, -0.25) is 4.79 Å². The van der Waals surface area contributed by atoms with Crippen molar-refractivity contribution in [3.63, 3.8) is 0 Å². The molecule has 1 heterocycles. The van der Waals surface area contributed by atoms with Crippen LogP contribution in [0.4, 0.5) is 5.82 Å². The van der Waals surface area contributed by atoms with E-state index in [-0.39, 0.29) is 5.91 Å². The average Bonchev–Trinajstić information content (AvgIpc) is 2.56. The Bertz CT molecular complexity index is 257. The predicted molar refractivity (Wildman–Crippen MR) is 49.2 cm³/mol. The van der Waals surface area contributed by atoms with Gasteiger partial charge in [0.2, 0.25) is 5.91 Å². The van der Waals surface area contributed by atoms with E-state index in [4.69, 9.17) is 0 Å². The standard InChI is InChI=1S/C9H14N2O2/c1-3-7(2)6-9(12)10-8-4-5-13-11-8/h4-5,7H,3,6H2,1-2H3,(H,10,11,12). The van der Waals surface area contributed by atoms with E-state index < -0.39 is 0 Å². The largest absolute Gasteiger partial charge is 0.363 e. The lowest BCUT2D eigenvalue weighted by atomic mass is 10.1. The van der Waals surface area contributed by atoms with E-state index in [1.165, 1.54) is 6.26 Å². The van der Waals surface area contributed by atoms with Gasteiger partial charge in [-0.05, 0) is 5.92 Å². The summed E-state index contributed by atoms with van der Waals surface area (Å²) in [6.45, 7) is 4.11. The second-order valence-electron chi connectivity index (χ2n) is 3.15. The summed E-state index contributed by atoms with van der Waals surface area (Å²) in [5.41, 5.74) is 0. The number of rotatable bonds is 4. The van der Waals surface area contributed by atoms with E-state index in [9.17, 15) is 4.79 Å². The molecule has 0 spiro atoms. The summed E-state index contributed by atoms with van der Waals surface area (Å²) in [6, 6.07) is 1.62. The van der Waals surface area contributed by atoms with Gasteiger partial charge in [-0.15, -0.1) is 0 Å². The molecule has 72 valence electrons. The van der Waals surface area contributed by atoms with Gasteiger partial charge in [0.1, 0.15) is 6.26 Å². The molecule has 13 heavy (non-hydrogen) atoms. The molecule has 0 bridgehead atoms. The lowest BCUT2D eigenvalue weighted by molar-refractivity contribution is -0.117. The first kappa shape index (κ1) is 9.77. The molecule has 0 aliphatic heterocycles. The number of amides is 1. The second kappa shape index (κ2) is 4.64. The van der Waals surface area contributed by atoms with E-state index in [2.05, 4.69) is 21.9 Å². The molecule has 4 nitrogen and oxygen atoms in total. The molecule has 1 unspecified atom stereocenters. The quantitative estimate of drug-likeness (QED) is 0.775. The van der Waals surface area contributed by atoms with Crippen molar-refractivity contribution in [1.82, 2.24) is 5.16 Å². The molecule has 0 fully saturated rings. The Kier molecular flexibility index (Phi) is 3.49. The molecule has 1 rings (SSSR count). The SMILES string of the molecule is CCC(C)CC(=O)Nc1ccon1. The minimum atomic E-state index is -0.0109. The highest BCUT2D eigenvalue weighted by molar-refractivity contribution is 5.89. The highest BCUT2D eigenvalue weighted by Gasteiger charge is 2.08. The number of carbonyl (C=O) groups excluding carboxylic acids is 1. The van der Waals surface area contributed by atoms with Gasteiger partial charge in [0.05, 0.1) is 0 Å². The monoisotopic (exact) mass is 182 g/mol. The summed E-state index contributed by atoms with van der Waals surface area (Å²) in [4.78, 5) is 11.3. The van der Waals surface area contributed by atoms with Crippen molar-refractivity contribution in [3.8, 4) is 0 Å². The lowest BCUT2D eigenvalue weighted by Crippen LogP contribution is -2.14. The number of hydrogen-bond donors (Lipinski definition) is 1. The molecule has 1 aromatic heterocycles. The molecule has 1 N–H and O–H groups in total. The number of nitrogens with one attached hydrogen (secondary N) is 1. The highest BCUT2D eigenvalue weighted by Crippen LogP contribution is 2.08. The van der Waals surface area contributed by atoms with Crippen LogP contribution in [0.5, 0.6) is 0 Å². The normalized spacial score (nSPS) is 12.5. The molecule has 0 aliphatic rings. The number of aromatic nitrogens is 1. The fraction of sp³-hybridized carbons (Fsp3) is 0.556. The number of hydrogen-bond acceptors (Lipinski definition) is 3. The maximum Gasteiger partial charge on any atom is 0.225 e. The van der Waals surface area contributed by atoms with Crippen molar-refractivity contribution in [3.05, 3.63) is 12.3 Å². The highest BCUT2D eigenvalue weighted by atomic mass is 16.5. The maximum atomic E-state index is 11.3. The zero-order valence-corrected chi connectivity index (χ0v) is 7.91. The first-order valence-corrected chi connectivity index (χ1v) is 4.42. The summed E-state index contributed by atoms with van der Waals surface area (Å²) in [7, 11) is 0. The Balaban J connectivity index is 2.34. The number of anilines is 1. The van der Waals surface area contributed by atoms with Crippen molar-refractivity contribution in [2.75, 3.05) is 5.32 Å². The van der Waals surface area contributed by atoms with Crippen LogP contribution in [0.15, 0.2) is 16.9 Å². The van der Waals surface area contributed by atoms with Crippen LogP contribution >= 0.6 is 0 Å². The third kappa shape index (κ3) is 3.27. The zero-order chi connectivity index (χ0) is 9.68. The first-order chi connectivity index (χ1) is 6.22. The summed E-state index contributed by atoms with van der Waals surface area (Å²) in [6.07, 6.45) is 2.97. The van der Waals surface area contributed by atoms with Crippen molar-refractivity contribution < 1.29 is 9.32 Å². The van der Waals surface area contributed by atoms with E-state index in [0.29, 0.717) is 18.2 Å². The van der Waals surface area contributed by atoms with Crippen LogP contribution in [0, 0.1) is 5.92 Å². The van der Waals surface area contributed by atoms with Gasteiger partial charge in [0.15, 0.2) is 5.82 Å². The van der Waals surface area contributed by atoms with Gasteiger partial charge >= 0.3 is 0 Å². The van der Waals surface area contributed by atoms with Gasteiger partial charge < -0.3 is 9.84 Å². The number of carbonyl (C=O) groups is 1. The van der Waals surface area contributed by atoms with Crippen LogP contribution in [0.25, 0.3) is 0 Å². The Morgan fingerprint density at radius 1 is 1.77 bits per heavy atom. The van der Waals surface area contributed by atoms with Gasteiger partial charge in [-0.2, -0.15) is 0 Å². The number of nitrogens with zero attached hydrogens (tertiary/aromatic N) is 1. The summed E-state index contributed by atoms with van der Waals surface area (Å²) in [5, 5.41) is 6.23. The fourth-order valence-electron chi connectivity index (χ4n) is 0.932. The van der Waals surface area contributed by atoms with Crippen molar-refractivity contribution >= 4 is 11.7 Å². The van der Waals surface area contributed by atoms with Gasteiger partial charge in [-0.1, -0.05) is 25.4 Å². The summed E-state index contributed by atoms with van der Waals surface area (Å²) >= 11 is 0. The fourth-order valence-corrected chi connectivity index (χ4v) is 0.932. The lowest BCUT2D eigenvalue weighted by Gasteiger charge is -2.06. The van der Waals surface area contributed by atoms with E-state index >= 15 is 0 Å². The van der Waals surface area contributed by atoms with E-state index in [1.807, 2.05) is 6.92 Å². The zero-order valence-electron chi connectivity index (χ0n) is 7.91. The molecule has 0 aromatic carbocycles. The second-order valence-corrected chi connectivity index (χ2v) is 3.15. The average molecular weight is 182 g/mol. The molecule has 1 amide bonds. The maximum absolute atomic E-state index is 11.3. The van der Waals surface area contributed by atoms with Gasteiger partial charge in [-0.25, -0.2) is 0 Å². The minimum Gasteiger partial charge on any atom is -0.363 e. The Hall–Kier alpha value is -1.32. The summed E-state index contributed by atoms with van der Waals surface area (Å²) in [5.74, 6) is 0.878. The third-order valence-corrected chi connectivity index (χ3v) is 1.94. The van der Waals surface area contributed by atoms with E-state index in [0.717, 1.165) is 6.42 Å². The van der Waals surface area contributed by atoms with Crippen LogP contribution in [0.1, 0.15) is 26.7 Å². The predicted octanol–water partition coefficient (Wildman–Crippen LogP) is 2.05. The molecule has 4 heteroatoms. The first-order valence-electron chi connectivity index (χ1n) is 4.42. The molecular formula is C9H14N2O2. The molecule has 0 radical (unpaired) electrons. The van der Waals surface area contributed by atoms with Crippen LogP contribution in [-0.4, -0.2) is 11.1 Å². The third-order valence-electron chi connectivity index (χ3n) is 1.94. The topological polar surface area (TPSA) is 55.1 Å².